The molecule has 1 aromatic rings. The molecule has 1 aliphatic heterocycles. The predicted molar refractivity (Wildman–Crippen MR) is 88.3 cm³/mol. The van der Waals surface area contributed by atoms with Crippen molar-refractivity contribution < 1.29 is 13.2 Å². The normalized spacial score (nSPS) is 20.6. The van der Waals surface area contributed by atoms with Crippen LogP contribution in [0.5, 0.6) is 5.75 Å². The van der Waals surface area contributed by atoms with E-state index in [-0.39, 0.29) is 17.5 Å². The first-order chi connectivity index (χ1) is 10.5. The number of hydrogen-bond acceptors (Lipinski definition) is 4. The topological polar surface area (TPSA) is 79.8 Å². The van der Waals surface area contributed by atoms with Gasteiger partial charge in [0.1, 0.15) is 5.75 Å². The van der Waals surface area contributed by atoms with Crippen LogP contribution in [0, 0.1) is 0 Å². The molecule has 2 N–H and O–H groups in total. The van der Waals surface area contributed by atoms with Crippen LogP contribution in [0.2, 0.25) is 0 Å². The second-order valence-corrected chi connectivity index (χ2v) is 7.53. The molecule has 122 valence electrons. The van der Waals surface area contributed by atoms with Gasteiger partial charge in [-0.05, 0) is 24.5 Å². The summed E-state index contributed by atoms with van der Waals surface area (Å²) in [5, 5.41) is 6.38. The van der Waals surface area contributed by atoms with Gasteiger partial charge in [-0.2, -0.15) is 0 Å². The van der Waals surface area contributed by atoms with Crippen LogP contribution in [0.3, 0.4) is 0 Å². The molecule has 1 fully saturated rings. The quantitative estimate of drug-likeness (QED) is 0.612. The van der Waals surface area contributed by atoms with E-state index in [1.807, 2.05) is 24.3 Å². The van der Waals surface area contributed by atoms with Gasteiger partial charge in [-0.3, -0.25) is 4.99 Å². The van der Waals surface area contributed by atoms with Crippen molar-refractivity contribution in [3.63, 3.8) is 0 Å². The lowest BCUT2D eigenvalue weighted by Gasteiger charge is -2.16. The first kappa shape index (κ1) is 16.6. The number of sulfone groups is 1. The van der Waals surface area contributed by atoms with Crippen molar-refractivity contribution in [2.75, 3.05) is 32.2 Å². The zero-order valence-electron chi connectivity index (χ0n) is 13.0. The Morgan fingerprint density at radius 3 is 2.82 bits per heavy atom. The smallest absolute Gasteiger partial charge is 0.191 e. The summed E-state index contributed by atoms with van der Waals surface area (Å²) in [6, 6.07) is 7.83. The summed E-state index contributed by atoms with van der Waals surface area (Å²) in [4.78, 5) is 4.14. The predicted octanol–water partition coefficient (Wildman–Crippen LogP) is 0.590. The van der Waals surface area contributed by atoms with Gasteiger partial charge >= 0.3 is 0 Å². The minimum absolute atomic E-state index is 0.0533. The summed E-state index contributed by atoms with van der Waals surface area (Å²) in [6.45, 7) is 0.694. The largest absolute Gasteiger partial charge is 0.496 e. The summed E-state index contributed by atoms with van der Waals surface area (Å²) in [6.07, 6.45) is 1.43. The average Bonchev–Trinajstić information content (AvgIpc) is 2.85. The molecular formula is C15H23N3O3S. The van der Waals surface area contributed by atoms with E-state index in [1.54, 1.807) is 14.2 Å². The minimum Gasteiger partial charge on any atom is -0.496 e. The van der Waals surface area contributed by atoms with Crippen LogP contribution < -0.4 is 15.4 Å². The Balaban J connectivity index is 1.82. The van der Waals surface area contributed by atoms with E-state index in [1.165, 1.54) is 0 Å². The third kappa shape index (κ3) is 4.62. The lowest BCUT2D eigenvalue weighted by molar-refractivity contribution is 0.409. The molecule has 1 aliphatic rings. The van der Waals surface area contributed by atoms with Crippen LogP contribution in [0.15, 0.2) is 29.3 Å². The molecule has 0 bridgehead atoms. The number of hydrogen-bond donors (Lipinski definition) is 2. The van der Waals surface area contributed by atoms with Crippen LogP contribution >= 0.6 is 0 Å². The minimum atomic E-state index is -2.88. The van der Waals surface area contributed by atoms with Crippen molar-refractivity contribution in [2.24, 2.45) is 4.99 Å². The number of methoxy groups -OCH3 is 1. The van der Waals surface area contributed by atoms with Gasteiger partial charge in [0.2, 0.25) is 0 Å². The molecule has 0 aromatic heterocycles. The second kappa shape index (κ2) is 7.49. The van der Waals surface area contributed by atoms with Gasteiger partial charge in [-0.1, -0.05) is 18.2 Å². The Labute approximate surface area is 131 Å². The van der Waals surface area contributed by atoms with E-state index < -0.39 is 9.84 Å². The lowest BCUT2D eigenvalue weighted by Crippen LogP contribution is -2.44. The molecule has 0 radical (unpaired) electrons. The maximum absolute atomic E-state index is 11.5. The summed E-state index contributed by atoms with van der Waals surface area (Å²) in [5.74, 6) is 1.94. The first-order valence-corrected chi connectivity index (χ1v) is 9.15. The molecule has 0 aliphatic carbocycles. The zero-order valence-corrected chi connectivity index (χ0v) is 13.8. The molecule has 22 heavy (non-hydrogen) atoms. The summed E-state index contributed by atoms with van der Waals surface area (Å²) in [5.41, 5.74) is 1.12. The third-order valence-electron chi connectivity index (χ3n) is 3.68. The van der Waals surface area contributed by atoms with Gasteiger partial charge in [-0.25, -0.2) is 8.42 Å². The number of nitrogens with one attached hydrogen (secondary N) is 2. The van der Waals surface area contributed by atoms with Crippen LogP contribution in [0.25, 0.3) is 0 Å². The molecule has 2 rings (SSSR count). The van der Waals surface area contributed by atoms with Gasteiger partial charge in [-0.15, -0.1) is 0 Å². The zero-order chi connectivity index (χ0) is 16.0. The van der Waals surface area contributed by atoms with Crippen molar-refractivity contribution in [1.82, 2.24) is 10.6 Å². The fourth-order valence-electron chi connectivity index (χ4n) is 2.52. The van der Waals surface area contributed by atoms with Crippen molar-refractivity contribution in [3.05, 3.63) is 29.8 Å². The van der Waals surface area contributed by atoms with E-state index in [9.17, 15) is 8.42 Å². The number of ether oxygens (including phenoxy) is 1. The van der Waals surface area contributed by atoms with E-state index in [0.29, 0.717) is 18.9 Å². The highest BCUT2D eigenvalue weighted by molar-refractivity contribution is 7.91. The first-order valence-electron chi connectivity index (χ1n) is 7.33. The van der Waals surface area contributed by atoms with E-state index in [2.05, 4.69) is 15.6 Å². The molecule has 7 heteroatoms. The molecule has 1 atom stereocenters. The molecule has 1 heterocycles. The summed E-state index contributed by atoms with van der Waals surface area (Å²) < 4.78 is 28.3. The van der Waals surface area contributed by atoms with Crippen LogP contribution in [-0.4, -0.2) is 52.6 Å². The number of para-hydroxylation sites is 1. The highest BCUT2D eigenvalue weighted by Gasteiger charge is 2.28. The van der Waals surface area contributed by atoms with Gasteiger partial charge in [0.25, 0.3) is 0 Å². The highest BCUT2D eigenvalue weighted by atomic mass is 32.2. The van der Waals surface area contributed by atoms with Gasteiger partial charge in [0.15, 0.2) is 15.8 Å². The lowest BCUT2D eigenvalue weighted by atomic mass is 10.1. The van der Waals surface area contributed by atoms with Crippen molar-refractivity contribution >= 4 is 15.8 Å². The Bertz CT molecular complexity index is 629. The molecule has 6 nitrogen and oxygen atoms in total. The van der Waals surface area contributed by atoms with Crippen LogP contribution in [0.4, 0.5) is 0 Å². The Kier molecular flexibility index (Phi) is 5.65. The van der Waals surface area contributed by atoms with Gasteiger partial charge in [0.05, 0.1) is 18.6 Å². The number of aliphatic imine (C=N–C) groups is 1. The number of nitrogens with zero attached hydrogens (tertiary/aromatic N) is 1. The maximum Gasteiger partial charge on any atom is 0.191 e. The monoisotopic (exact) mass is 325 g/mol. The van der Waals surface area contributed by atoms with E-state index >= 15 is 0 Å². The molecule has 1 saturated heterocycles. The number of rotatable bonds is 5. The SMILES string of the molecule is CN=C(NCCc1ccccc1OC)NC1CCS(=O)(=O)C1. The van der Waals surface area contributed by atoms with Crippen molar-refractivity contribution in [2.45, 2.75) is 18.9 Å². The van der Waals surface area contributed by atoms with Crippen molar-refractivity contribution in [3.8, 4) is 5.75 Å². The number of benzene rings is 1. The van der Waals surface area contributed by atoms with Crippen LogP contribution in [0.1, 0.15) is 12.0 Å². The molecule has 1 unspecified atom stereocenters. The van der Waals surface area contributed by atoms with Crippen molar-refractivity contribution in [1.29, 1.82) is 0 Å². The van der Waals surface area contributed by atoms with Gasteiger partial charge < -0.3 is 15.4 Å². The Morgan fingerprint density at radius 2 is 2.18 bits per heavy atom. The molecule has 0 amide bonds. The van der Waals surface area contributed by atoms with Gasteiger partial charge in [0, 0.05) is 19.6 Å². The summed E-state index contributed by atoms with van der Waals surface area (Å²) in [7, 11) is 0.459. The second-order valence-electron chi connectivity index (χ2n) is 5.31. The average molecular weight is 325 g/mol. The Morgan fingerprint density at radius 1 is 1.41 bits per heavy atom. The fourth-order valence-corrected chi connectivity index (χ4v) is 4.20. The van der Waals surface area contributed by atoms with Crippen LogP contribution in [-0.2, 0) is 16.3 Å². The third-order valence-corrected chi connectivity index (χ3v) is 5.44. The number of guanidine groups is 1. The summed E-state index contributed by atoms with van der Waals surface area (Å²) >= 11 is 0. The molecule has 0 saturated carbocycles. The highest BCUT2D eigenvalue weighted by Crippen LogP contribution is 2.17. The maximum atomic E-state index is 11.5. The van der Waals surface area contributed by atoms with E-state index in [0.717, 1.165) is 17.7 Å². The van der Waals surface area contributed by atoms with E-state index in [4.69, 9.17) is 4.74 Å². The standard InChI is InChI=1S/C15H23N3O3S/c1-16-15(18-13-8-10-22(19,20)11-13)17-9-7-12-5-3-4-6-14(12)21-2/h3-6,13H,7-11H2,1-2H3,(H2,16,17,18). The molecular weight excluding hydrogens is 302 g/mol. The molecule has 0 spiro atoms. The Hall–Kier alpha value is -1.76. The fraction of sp³-hybridized carbons (Fsp3) is 0.533. The molecule has 1 aromatic carbocycles.